The SMILES string of the molecule is N/C(=N/O)c1ccc(CN2CCN3CCCC3C2)cc1. The second kappa shape index (κ2) is 5.81. The van der Waals surface area contributed by atoms with Gasteiger partial charge in [0.15, 0.2) is 5.84 Å². The molecule has 2 fully saturated rings. The summed E-state index contributed by atoms with van der Waals surface area (Å²) in [5.74, 6) is 0.163. The van der Waals surface area contributed by atoms with E-state index in [4.69, 9.17) is 10.9 Å². The molecule has 1 atom stereocenters. The fraction of sp³-hybridized carbons (Fsp3) is 0.533. The zero-order chi connectivity index (χ0) is 13.9. The van der Waals surface area contributed by atoms with Crippen LogP contribution in [-0.2, 0) is 6.54 Å². The maximum Gasteiger partial charge on any atom is 0.170 e. The Kier molecular flexibility index (Phi) is 3.89. The molecule has 5 nitrogen and oxygen atoms in total. The Morgan fingerprint density at radius 1 is 1.25 bits per heavy atom. The van der Waals surface area contributed by atoms with Gasteiger partial charge in [-0.2, -0.15) is 0 Å². The van der Waals surface area contributed by atoms with Gasteiger partial charge in [0.25, 0.3) is 0 Å². The molecule has 0 bridgehead atoms. The fourth-order valence-electron chi connectivity index (χ4n) is 3.30. The molecule has 1 aromatic rings. The Bertz CT molecular complexity index is 485. The first-order valence-electron chi connectivity index (χ1n) is 7.29. The second-order valence-corrected chi connectivity index (χ2v) is 5.75. The normalized spacial score (nSPS) is 24.8. The molecule has 108 valence electrons. The quantitative estimate of drug-likeness (QED) is 0.374. The van der Waals surface area contributed by atoms with Crippen LogP contribution in [0.15, 0.2) is 29.4 Å². The number of hydrogen-bond acceptors (Lipinski definition) is 4. The molecule has 0 radical (unpaired) electrons. The van der Waals surface area contributed by atoms with Gasteiger partial charge in [0.05, 0.1) is 0 Å². The van der Waals surface area contributed by atoms with Crippen LogP contribution in [0.25, 0.3) is 0 Å². The van der Waals surface area contributed by atoms with Crippen LogP contribution in [0.1, 0.15) is 24.0 Å². The van der Waals surface area contributed by atoms with Crippen LogP contribution < -0.4 is 5.73 Å². The van der Waals surface area contributed by atoms with Crippen molar-refractivity contribution in [3.8, 4) is 0 Å². The summed E-state index contributed by atoms with van der Waals surface area (Å²) >= 11 is 0. The molecule has 0 spiro atoms. The average Bonchev–Trinajstić information content (AvgIpc) is 2.95. The highest BCUT2D eigenvalue weighted by Crippen LogP contribution is 2.22. The van der Waals surface area contributed by atoms with Gasteiger partial charge < -0.3 is 10.9 Å². The molecule has 2 aliphatic heterocycles. The number of nitrogens with zero attached hydrogens (tertiary/aromatic N) is 3. The number of benzene rings is 1. The maximum atomic E-state index is 8.66. The largest absolute Gasteiger partial charge is 0.409 e. The molecule has 3 rings (SSSR count). The Labute approximate surface area is 119 Å². The van der Waals surface area contributed by atoms with E-state index in [-0.39, 0.29) is 5.84 Å². The summed E-state index contributed by atoms with van der Waals surface area (Å²) in [7, 11) is 0. The highest BCUT2D eigenvalue weighted by atomic mass is 16.4. The summed E-state index contributed by atoms with van der Waals surface area (Å²) in [6.07, 6.45) is 2.70. The van der Waals surface area contributed by atoms with Crippen LogP contribution in [0.3, 0.4) is 0 Å². The van der Waals surface area contributed by atoms with Gasteiger partial charge in [-0.3, -0.25) is 9.80 Å². The lowest BCUT2D eigenvalue weighted by Gasteiger charge is -2.37. The summed E-state index contributed by atoms with van der Waals surface area (Å²) in [6, 6.07) is 8.72. The van der Waals surface area contributed by atoms with Gasteiger partial charge in [0.1, 0.15) is 0 Å². The monoisotopic (exact) mass is 274 g/mol. The van der Waals surface area contributed by atoms with E-state index in [0.717, 1.165) is 24.7 Å². The van der Waals surface area contributed by atoms with Crippen LogP contribution in [0.4, 0.5) is 0 Å². The third-order valence-electron chi connectivity index (χ3n) is 4.44. The van der Waals surface area contributed by atoms with E-state index in [0.29, 0.717) is 0 Å². The Hall–Kier alpha value is -1.59. The van der Waals surface area contributed by atoms with Crippen molar-refractivity contribution in [2.24, 2.45) is 10.9 Å². The van der Waals surface area contributed by atoms with Crippen molar-refractivity contribution in [3.63, 3.8) is 0 Å². The van der Waals surface area contributed by atoms with E-state index in [1.54, 1.807) is 0 Å². The van der Waals surface area contributed by atoms with E-state index in [2.05, 4.69) is 27.1 Å². The lowest BCUT2D eigenvalue weighted by atomic mass is 10.1. The molecule has 2 saturated heterocycles. The molecule has 1 unspecified atom stereocenters. The molecule has 20 heavy (non-hydrogen) atoms. The number of nitrogens with two attached hydrogens (primary N) is 1. The van der Waals surface area contributed by atoms with Crippen molar-refractivity contribution in [1.82, 2.24) is 9.80 Å². The lowest BCUT2D eigenvalue weighted by molar-refractivity contribution is 0.0994. The predicted octanol–water partition coefficient (Wildman–Crippen LogP) is 1.06. The van der Waals surface area contributed by atoms with Crippen LogP contribution in [0, 0.1) is 0 Å². The summed E-state index contributed by atoms with van der Waals surface area (Å²) in [4.78, 5) is 5.16. The smallest absolute Gasteiger partial charge is 0.170 e. The minimum atomic E-state index is 0.163. The van der Waals surface area contributed by atoms with Crippen molar-refractivity contribution in [2.75, 3.05) is 26.2 Å². The minimum Gasteiger partial charge on any atom is -0.409 e. The molecule has 2 heterocycles. The number of rotatable bonds is 3. The zero-order valence-corrected chi connectivity index (χ0v) is 11.7. The van der Waals surface area contributed by atoms with E-state index < -0.39 is 0 Å². The molecule has 0 saturated carbocycles. The highest BCUT2D eigenvalue weighted by Gasteiger charge is 2.30. The predicted molar refractivity (Wildman–Crippen MR) is 78.8 cm³/mol. The van der Waals surface area contributed by atoms with Crippen molar-refractivity contribution >= 4 is 5.84 Å². The van der Waals surface area contributed by atoms with E-state index in [9.17, 15) is 0 Å². The van der Waals surface area contributed by atoms with Crippen molar-refractivity contribution in [2.45, 2.75) is 25.4 Å². The lowest BCUT2D eigenvalue weighted by Crippen LogP contribution is -2.49. The first-order chi connectivity index (χ1) is 9.76. The van der Waals surface area contributed by atoms with E-state index in [1.165, 1.54) is 38.0 Å². The first kappa shape index (κ1) is 13.4. The average molecular weight is 274 g/mol. The summed E-state index contributed by atoms with van der Waals surface area (Å²) in [5, 5.41) is 11.7. The molecule has 3 N–H and O–H groups in total. The molecule has 0 aromatic heterocycles. The van der Waals surface area contributed by atoms with Gasteiger partial charge in [0, 0.05) is 37.8 Å². The minimum absolute atomic E-state index is 0.163. The molecule has 0 aliphatic carbocycles. The number of oxime groups is 1. The van der Waals surface area contributed by atoms with Crippen molar-refractivity contribution in [1.29, 1.82) is 0 Å². The molecule has 1 aromatic carbocycles. The van der Waals surface area contributed by atoms with Crippen molar-refractivity contribution < 1.29 is 5.21 Å². The third kappa shape index (κ3) is 2.78. The Morgan fingerprint density at radius 3 is 2.80 bits per heavy atom. The van der Waals surface area contributed by atoms with Gasteiger partial charge in [-0.1, -0.05) is 29.4 Å². The van der Waals surface area contributed by atoms with E-state index >= 15 is 0 Å². The Balaban J connectivity index is 1.60. The second-order valence-electron chi connectivity index (χ2n) is 5.75. The van der Waals surface area contributed by atoms with Gasteiger partial charge in [-0.15, -0.1) is 0 Å². The topological polar surface area (TPSA) is 65.1 Å². The third-order valence-corrected chi connectivity index (χ3v) is 4.44. The van der Waals surface area contributed by atoms with Crippen LogP contribution in [0.2, 0.25) is 0 Å². The summed E-state index contributed by atoms with van der Waals surface area (Å²) < 4.78 is 0. The maximum absolute atomic E-state index is 8.66. The number of hydrogen-bond donors (Lipinski definition) is 2. The van der Waals surface area contributed by atoms with Crippen molar-refractivity contribution in [3.05, 3.63) is 35.4 Å². The van der Waals surface area contributed by atoms with Gasteiger partial charge in [-0.05, 0) is 24.9 Å². The number of amidine groups is 1. The van der Waals surface area contributed by atoms with Crippen LogP contribution in [-0.4, -0.2) is 53.1 Å². The fourth-order valence-corrected chi connectivity index (χ4v) is 3.30. The van der Waals surface area contributed by atoms with Gasteiger partial charge in [-0.25, -0.2) is 0 Å². The number of piperazine rings is 1. The standard InChI is InChI=1S/C15H22N4O/c16-15(17-20)13-5-3-12(4-6-13)10-18-8-9-19-7-1-2-14(19)11-18/h3-6,14,20H,1-2,7-11H2,(H2,16,17). The van der Waals surface area contributed by atoms with E-state index in [1.807, 2.05) is 12.1 Å². The molecule has 5 heteroatoms. The van der Waals surface area contributed by atoms with Crippen LogP contribution >= 0.6 is 0 Å². The Morgan fingerprint density at radius 2 is 2.05 bits per heavy atom. The zero-order valence-electron chi connectivity index (χ0n) is 11.7. The summed E-state index contributed by atoms with van der Waals surface area (Å²) in [5.41, 5.74) is 7.62. The van der Waals surface area contributed by atoms with Gasteiger partial charge >= 0.3 is 0 Å². The number of fused-ring (bicyclic) bond motifs is 1. The molecular weight excluding hydrogens is 252 g/mol. The molecule has 2 aliphatic rings. The molecule has 0 amide bonds. The highest BCUT2D eigenvalue weighted by molar-refractivity contribution is 5.96. The molecular formula is C15H22N4O. The van der Waals surface area contributed by atoms with Crippen LogP contribution in [0.5, 0.6) is 0 Å². The summed E-state index contributed by atoms with van der Waals surface area (Å²) in [6.45, 7) is 5.81. The first-order valence-corrected chi connectivity index (χ1v) is 7.29. The van der Waals surface area contributed by atoms with Gasteiger partial charge in [0.2, 0.25) is 0 Å².